The third-order valence-electron chi connectivity index (χ3n) is 5.63. The molecule has 0 aliphatic rings. The van der Waals surface area contributed by atoms with E-state index in [-0.39, 0.29) is 5.57 Å². The van der Waals surface area contributed by atoms with E-state index < -0.39 is 5.91 Å². The van der Waals surface area contributed by atoms with Gasteiger partial charge in [-0.05, 0) is 61.6 Å². The molecule has 0 unspecified atom stereocenters. The second kappa shape index (κ2) is 12.1. The van der Waals surface area contributed by atoms with Gasteiger partial charge in [-0.3, -0.25) is 4.79 Å². The maximum Gasteiger partial charge on any atom is 0.266 e. The molecule has 0 aliphatic carbocycles. The highest BCUT2D eigenvalue weighted by atomic mass is 32.2. The number of amides is 1. The molecule has 0 saturated heterocycles. The Hall–Kier alpha value is -4.08. The summed E-state index contributed by atoms with van der Waals surface area (Å²) in [4.78, 5) is 14.1. The third-order valence-corrected chi connectivity index (χ3v) is 6.73. The standard InChI is InChI=1S/C30H28N4OS/c1-3-4-18-36-28-16-12-23(13-17-28)29-25(21-34(33-29)27-8-6-5-7-9-27)19-24(20-31)30(35)32-26-14-10-22(2)11-15-26/h5-17,19,21H,3-4,18H2,1-2H3,(H,32,35)/b24-19-. The van der Waals surface area contributed by atoms with Crippen LogP contribution in [0.2, 0.25) is 0 Å². The van der Waals surface area contributed by atoms with Crippen LogP contribution < -0.4 is 5.32 Å². The summed E-state index contributed by atoms with van der Waals surface area (Å²) in [5.74, 6) is 0.635. The van der Waals surface area contributed by atoms with Crippen LogP contribution >= 0.6 is 11.8 Å². The lowest BCUT2D eigenvalue weighted by atomic mass is 10.1. The van der Waals surface area contributed by atoms with Crippen LogP contribution in [0.5, 0.6) is 0 Å². The van der Waals surface area contributed by atoms with Gasteiger partial charge >= 0.3 is 0 Å². The van der Waals surface area contributed by atoms with E-state index in [4.69, 9.17) is 5.10 Å². The van der Waals surface area contributed by atoms with Gasteiger partial charge in [-0.15, -0.1) is 11.8 Å². The molecule has 1 N–H and O–H groups in total. The highest BCUT2D eigenvalue weighted by Crippen LogP contribution is 2.29. The van der Waals surface area contributed by atoms with Crippen LogP contribution in [-0.4, -0.2) is 21.4 Å². The molecule has 180 valence electrons. The number of unbranched alkanes of at least 4 members (excludes halogenated alkanes) is 1. The zero-order chi connectivity index (χ0) is 25.3. The number of aromatic nitrogens is 2. The first-order chi connectivity index (χ1) is 17.6. The molecule has 0 aliphatic heterocycles. The van der Waals surface area contributed by atoms with Crippen molar-refractivity contribution in [2.24, 2.45) is 0 Å². The summed E-state index contributed by atoms with van der Waals surface area (Å²) >= 11 is 1.84. The second-order valence-electron chi connectivity index (χ2n) is 8.43. The minimum Gasteiger partial charge on any atom is -0.321 e. The number of carbonyl (C=O) groups is 1. The number of nitrogens with zero attached hydrogens (tertiary/aromatic N) is 3. The van der Waals surface area contributed by atoms with Crippen LogP contribution in [0.4, 0.5) is 5.69 Å². The van der Waals surface area contributed by atoms with E-state index in [1.807, 2.05) is 91.6 Å². The highest BCUT2D eigenvalue weighted by Gasteiger charge is 2.15. The van der Waals surface area contributed by atoms with E-state index in [1.54, 1.807) is 10.8 Å². The molecule has 36 heavy (non-hydrogen) atoms. The van der Waals surface area contributed by atoms with Crippen molar-refractivity contribution in [2.75, 3.05) is 11.1 Å². The SMILES string of the molecule is CCCCSc1ccc(-c2nn(-c3ccccc3)cc2/C=C(/C#N)C(=O)Nc2ccc(C)cc2)cc1. The number of nitrogens with one attached hydrogen (secondary N) is 1. The topological polar surface area (TPSA) is 70.7 Å². The smallest absolute Gasteiger partial charge is 0.266 e. The normalized spacial score (nSPS) is 11.2. The van der Waals surface area contributed by atoms with Gasteiger partial charge in [0.1, 0.15) is 11.6 Å². The van der Waals surface area contributed by atoms with Crippen molar-refractivity contribution in [3.05, 3.63) is 102 Å². The van der Waals surface area contributed by atoms with Crippen LogP contribution in [-0.2, 0) is 4.79 Å². The first-order valence-electron chi connectivity index (χ1n) is 12.0. The summed E-state index contributed by atoms with van der Waals surface area (Å²) in [6.07, 6.45) is 5.82. The Kier molecular flexibility index (Phi) is 8.38. The number of aryl methyl sites for hydroxylation is 1. The monoisotopic (exact) mass is 492 g/mol. The van der Waals surface area contributed by atoms with Crippen molar-refractivity contribution in [2.45, 2.75) is 31.6 Å². The van der Waals surface area contributed by atoms with Crippen molar-refractivity contribution in [3.63, 3.8) is 0 Å². The van der Waals surface area contributed by atoms with Gasteiger partial charge in [0.25, 0.3) is 5.91 Å². The van der Waals surface area contributed by atoms with Gasteiger partial charge in [0.15, 0.2) is 0 Å². The molecule has 0 fully saturated rings. The largest absolute Gasteiger partial charge is 0.321 e. The molecule has 5 nitrogen and oxygen atoms in total. The average molecular weight is 493 g/mol. The lowest BCUT2D eigenvalue weighted by Crippen LogP contribution is -2.13. The van der Waals surface area contributed by atoms with E-state index in [1.165, 1.54) is 17.7 Å². The van der Waals surface area contributed by atoms with Gasteiger partial charge in [-0.1, -0.05) is 61.4 Å². The molecule has 0 spiro atoms. The lowest BCUT2D eigenvalue weighted by molar-refractivity contribution is -0.112. The molecule has 6 heteroatoms. The minimum atomic E-state index is -0.456. The molecule has 3 aromatic carbocycles. The molecule has 4 rings (SSSR count). The molecule has 1 aromatic heterocycles. The van der Waals surface area contributed by atoms with E-state index in [0.717, 1.165) is 22.6 Å². The van der Waals surface area contributed by atoms with Crippen molar-refractivity contribution >= 4 is 29.4 Å². The van der Waals surface area contributed by atoms with Gasteiger partial charge in [-0.25, -0.2) is 4.68 Å². The van der Waals surface area contributed by atoms with Crippen LogP contribution in [0.1, 0.15) is 30.9 Å². The van der Waals surface area contributed by atoms with Crippen LogP contribution in [0.25, 0.3) is 23.0 Å². The van der Waals surface area contributed by atoms with E-state index in [9.17, 15) is 10.1 Å². The molecule has 1 amide bonds. The average Bonchev–Trinajstić information content (AvgIpc) is 3.33. The van der Waals surface area contributed by atoms with Crippen molar-refractivity contribution in [1.29, 1.82) is 5.26 Å². The molecule has 0 bridgehead atoms. The summed E-state index contributed by atoms with van der Waals surface area (Å²) in [6.45, 7) is 4.17. The Morgan fingerprint density at radius 1 is 1.06 bits per heavy atom. The summed E-state index contributed by atoms with van der Waals surface area (Å²) in [5.41, 5.74) is 4.97. The Labute approximate surface area is 216 Å². The number of benzene rings is 3. The van der Waals surface area contributed by atoms with Crippen molar-refractivity contribution in [3.8, 4) is 23.0 Å². The first-order valence-corrected chi connectivity index (χ1v) is 12.9. The number of anilines is 1. The maximum atomic E-state index is 12.9. The van der Waals surface area contributed by atoms with Crippen LogP contribution in [0.3, 0.4) is 0 Å². The number of nitriles is 1. The van der Waals surface area contributed by atoms with E-state index in [0.29, 0.717) is 16.9 Å². The number of thioether (sulfide) groups is 1. The summed E-state index contributed by atoms with van der Waals surface area (Å²) in [5, 5.41) is 17.4. The number of carbonyl (C=O) groups excluding carboxylic acids is 1. The predicted molar refractivity (Wildman–Crippen MR) is 148 cm³/mol. The number of para-hydroxylation sites is 1. The zero-order valence-corrected chi connectivity index (χ0v) is 21.3. The lowest BCUT2D eigenvalue weighted by Gasteiger charge is -2.05. The molecule has 0 atom stereocenters. The summed E-state index contributed by atoms with van der Waals surface area (Å²) in [6, 6.07) is 27.6. The summed E-state index contributed by atoms with van der Waals surface area (Å²) < 4.78 is 1.78. The molecule has 0 radical (unpaired) electrons. The van der Waals surface area contributed by atoms with Gasteiger partial charge in [-0.2, -0.15) is 10.4 Å². The predicted octanol–water partition coefficient (Wildman–Crippen LogP) is 7.29. The second-order valence-corrected chi connectivity index (χ2v) is 9.60. The highest BCUT2D eigenvalue weighted by molar-refractivity contribution is 7.99. The molecular formula is C30H28N4OS. The Morgan fingerprint density at radius 2 is 1.78 bits per heavy atom. The minimum absolute atomic E-state index is 0.0104. The molecule has 0 saturated carbocycles. The molecule has 4 aromatic rings. The Bertz CT molecular complexity index is 1380. The fourth-order valence-electron chi connectivity index (χ4n) is 3.61. The van der Waals surface area contributed by atoms with Crippen LogP contribution in [0.15, 0.2) is 95.5 Å². The van der Waals surface area contributed by atoms with Gasteiger partial charge in [0.2, 0.25) is 0 Å². The quantitative estimate of drug-likeness (QED) is 0.115. The van der Waals surface area contributed by atoms with Gasteiger partial charge < -0.3 is 5.32 Å². The van der Waals surface area contributed by atoms with Gasteiger partial charge in [0, 0.05) is 27.9 Å². The van der Waals surface area contributed by atoms with Crippen molar-refractivity contribution < 1.29 is 4.79 Å². The zero-order valence-electron chi connectivity index (χ0n) is 20.4. The maximum absolute atomic E-state index is 12.9. The number of hydrogen-bond donors (Lipinski definition) is 1. The molecular weight excluding hydrogens is 464 g/mol. The van der Waals surface area contributed by atoms with E-state index >= 15 is 0 Å². The Balaban J connectivity index is 1.68. The summed E-state index contributed by atoms with van der Waals surface area (Å²) in [7, 11) is 0. The number of rotatable bonds is 9. The van der Waals surface area contributed by atoms with Gasteiger partial charge in [0.05, 0.1) is 11.4 Å². The van der Waals surface area contributed by atoms with E-state index in [2.05, 4.69) is 30.4 Å². The van der Waals surface area contributed by atoms with Crippen molar-refractivity contribution in [1.82, 2.24) is 9.78 Å². The fraction of sp³-hybridized carbons (Fsp3) is 0.167. The number of hydrogen-bond acceptors (Lipinski definition) is 4. The third kappa shape index (κ3) is 6.32. The van der Waals surface area contributed by atoms with Crippen LogP contribution in [0, 0.1) is 18.3 Å². The molecule has 1 heterocycles. The Morgan fingerprint density at radius 3 is 2.44 bits per heavy atom. The first kappa shape index (κ1) is 25.0. The fourth-order valence-corrected chi connectivity index (χ4v) is 4.61.